The van der Waals surface area contributed by atoms with Gasteiger partial charge in [-0.2, -0.15) is 4.98 Å². The summed E-state index contributed by atoms with van der Waals surface area (Å²) in [6, 6.07) is 7.37. The Morgan fingerprint density at radius 2 is 2.00 bits per heavy atom. The number of hydrogen-bond donors (Lipinski definition) is 2. The van der Waals surface area contributed by atoms with E-state index < -0.39 is 5.97 Å². The maximum atomic E-state index is 11.3. The van der Waals surface area contributed by atoms with Gasteiger partial charge in [-0.1, -0.05) is 24.2 Å². The van der Waals surface area contributed by atoms with Gasteiger partial charge in [-0.05, 0) is 17.7 Å². The molecule has 0 aliphatic carbocycles. The summed E-state index contributed by atoms with van der Waals surface area (Å²) in [6.45, 7) is 1.79. The molecule has 1 amide bonds. The molecule has 0 saturated carbocycles. The van der Waals surface area contributed by atoms with Crippen molar-refractivity contribution in [1.29, 1.82) is 0 Å². The highest BCUT2D eigenvalue weighted by Crippen LogP contribution is 2.13. The smallest absolute Gasteiger partial charge is 0.303 e. The van der Waals surface area contributed by atoms with Crippen molar-refractivity contribution in [3.63, 3.8) is 0 Å². The van der Waals surface area contributed by atoms with Gasteiger partial charge in [0, 0.05) is 24.9 Å². The lowest BCUT2D eigenvalue weighted by atomic mass is 10.1. The molecule has 0 spiro atoms. The van der Waals surface area contributed by atoms with E-state index in [2.05, 4.69) is 15.5 Å². The topological polar surface area (TPSA) is 105 Å². The van der Waals surface area contributed by atoms with Gasteiger partial charge >= 0.3 is 5.97 Å². The van der Waals surface area contributed by atoms with Crippen LogP contribution in [0.5, 0.6) is 0 Å². The third-order valence-electron chi connectivity index (χ3n) is 2.98. The van der Waals surface area contributed by atoms with E-state index in [-0.39, 0.29) is 18.7 Å². The fourth-order valence-corrected chi connectivity index (χ4v) is 1.82. The van der Waals surface area contributed by atoms with Gasteiger partial charge in [0.25, 0.3) is 0 Å². The molecule has 0 aliphatic heterocycles. The summed E-state index contributed by atoms with van der Waals surface area (Å²) >= 11 is 0. The SMILES string of the molecule is CCC(=O)Nc1ccc(Cc2noc(CCC(=O)O)n2)cc1. The molecule has 0 fully saturated rings. The molecule has 2 aromatic rings. The minimum Gasteiger partial charge on any atom is -0.481 e. The first-order chi connectivity index (χ1) is 10.6. The molecular weight excluding hydrogens is 286 g/mol. The van der Waals surface area contributed by atoms with Gasteiger partial charge in [0.1, 0.15) is 0 Å². The molecule has 0 unspecified atom stereocenters. The number of rotatable bonds is 7. The van der Waals surface area contributed by atoms with Crippen LogP contribution in [-0.2, 0) is 22.4 Å². The number of benzene rings is 1. The van der Waals surface area contributed by atoms with Crippen LogP contribution in [0.15, 0.2) is 28.8 Å². The van der Waals surface area contributed by atoms with Crippen LogP contribution in [0.25, 0.3) is 0 Å². The van der Waals surface area contributed by atoms with E-state index in [9.17, 15) is 9.59 Å². The molecule has 0 atom stereocenters. The van der Waals surface area contributed by atoms with Gasteiger partial charge in [0.2, 0.25) is 11.8 Å². The van der Waals surface area contributed by atoms with E-state index in [1.165, 1.54) is 0 Å². The highest BCUT2D eigenvalue weighted by Gasteiger charge is 2.09. The second-order valence-electron chi connectivity index (χ2n) is 4.77. The number of aryl methyl sites for hydroxylation is 1. The molecular formula is C15H17N3O4. The van der Waals surface area contributed by atoms with Crippen LogP contribution in [0.4, 0.5) is 5.69 Å². The van der Waals surface area contributed by atoms with E-state index in [0.717, 1.165) is 11.3 Å². The highest BCUT2D eigenvalue weighted by molar-refractivity contribution is 5.90. The number of carboxylic acid groups (broad SMARTS) is 1. The van der Waals surface area contributed by atoms with Crippen LogP contribution < -0.4 is 5.32 Å². The molecule has 0 bridgehead atoms. The fraction of sp³-hybridized carbons (Fsp3) is 0.333. The van der Waals surface area contributed by atoms with Crippen molar-refractivity contribution in [2.45, 2.75) is 32.6 Å². The lowest BCUT2D eigenvalue weighted by Crippen LogP contribution is -2.09. The van der Waals surface area contributed by atoms with Gasteiger partial charge in [0.05, 0.1) is 6.42 Å². The molecule has 1 heterocycles. The maximum absolute atomic E-state index is 11.3. The van der Waals surface area contributed by atoms with E-state index in [4.69, 9.17) is 9.63 Å². The number of amides is 1. The van der Waals surface area contributed by atoms with Gasteiger partial charge in [-0.15, -0.1) is 0 Å². The van der Waals surface area contributed by atoms with Crippen molar-refractivity contribution in [1.82, 2.24) is 10.1 Å². The van der Waals surface area contributed by atoms with Crippen LogP contribution >= 0.6 is 0 Å². The number of nitrogens with one attached hydrogen (secondary N) is 1. The average Bonchev–Trinajstić information content (AvgIpc) is 2.94. The number of carboxylic acids is 1. The first-order valence-electron chi connectivity index (χ1n) is 6.99. The zero-order valence-corrected chi connectivity index (χ0v) is 12.2. The fourth-order valence-electron chi connectivity index (χ4n) is 1.82. The van der Waals surface area contributed by atoms with Gasteiger partial charge in [-0.25, -0.2) is 0 Å². The standard InChI is InChI=1S/C15H17N3O4/c1-2-13(19)16-11-5-3-10(4-6-11)9-12-17-14(22-18-12)7-8-15(20)21/h3-6H,2,7-9H2,1H3,(H,16,19)(H,20,21). The first kappa shape index (κ1) is 15.7. The number of carbonyl (C=O) groups is 2. The summed E-state index contributed by atoms with van der Waals surface area (Å²) < 4.78 is 5.00. The monoisotopic (exact) mass is 303 g/mol. The molecule has 2 N–H and O–H groups in total. The Balaban J connectivity index is 1.93. The Hall–Kier alpha value is -2.70. The summed E-state index contributed by atoms with van der Waals surface area (Å²) in [4.78, 5) is 25.9. The molecule has 0 aliphatic rings. The molecule has 116 valence electrons. The van der Waals surface area contributed by atoms with Crippen LogP contribution in [0.3, 0.4) is 0 Å². The average molecular weight is 303 g/mol. The van der Waals surface area contributed by atoms with Gasteiger partial charge in [0.15, 0.2) is 5.82 Å². The summed E-state index contributed by atoms with van der Waals surface area (Å²) in [6.07, 6.45) is 1.11. The van der Waals surface area contributed by atoms with Crippen LogP contribution in [0.1, 0.15) is 37.0 Å². The van der Waals surface area contributed by atoms with Crippen molar-refractivity contribution in [3.05, 3.63) is 41.5 Å². The van der Waals surface area contributed by atoms with Crippen molar-refractivity contribution >= 4 is 17.6 Å². The molecule has 0 radical (unpaired) electrons. The van der Waals surface area contributed by atoms with Crippen LogP contribution in [0, 0.1) is 0 Å². The zero-order valence-electron chi connectivity index (χ0n) is 12.2. The van der Waals surface area contributed by atoms with Crippen LogP contribution in [0.2, 0.25) is 0 Å². The number of anilines is 1. The van der Waals surface area contributed by atoms with Crippen molar-refractivity contribution in [3.8, 4) is 0 Å². The lowest BCUT2D eigenvalue weighted by molar-refractivity contribution is -0.137. The molecule has 2 rings (SSSR count). The first-order valence-corrected chi connectivity index (χ1v) is 6.99. The minimum absolute atomic E-state index is 0.0333. The summed E-state index contributed by atoms with van der Waals surface area (Å²) in [5, 5.41) is 15.2. The lowest BCUT2D eigenvalue weighted by Gasteiger charge is -2.04. The molecule has 7 nitrogen and oxygen atoms in total. The zero-order chi connectivity index (χ0) is 15.9. The normalized spacial score (nSPS) is 10.4. The molecule has 1 aromatic heterocycles. The third kappa shape index (κ3) is 4.69. The van der Waals surface area contributed by atoms with Gasteiger partial charge in [-0.3, -0.25) is 9.59 Å². The Morgan fingerprint density at radius 3 is 2.64 bits per heavy atom. The van der Waals surface area contributed by atoms with E-state index in [0.29, 0.717) is 24.6 Å². The predicted octanol–water partition coefficient (Wildman–Crippen LogP) is 2.03. The van der Waals surface area contributed by atoms with Crippen molar-refractivity contribution in [2.75, 3.05) is 5.32 Å². The van der Waals surface area contributed by atoms with Crippen LogP contribution in [-0.4, -0.2) is 27.1 Å². The number of carbonyl (C=O) groups excluding carboxylic acids is 1. The van der Waals surface area contributed by atoms with E-state index in [1.54, 1.807) is 6.92 Å². The number of nitrogens with zero attached hydrogens (tertiary/aromatic N) is 2. The molecule has 7 heteroatoms. The van der Waals surface area contributed by atoms with E-state index >= 15 is 0 Å². The summed E-state index contributed by atoms with van der Waals surface area (Å²) in [5.74, 6) is -0.103. The second-order valence-corrected chi connectivity index (χ2v) is 4.77. The summed E-state index contributed by atoms with van der Waals surface area (Å²) in [5.41, 5.74) is 1.71. The molecule has 22 heavy (non-hydrogen) atoms. The predicted molar refractivity (Wildman–Crippen MR) is 78.4 cm³/mol. The number of aliphatic carboxylic acids is 1. The Labute approximate surface area is 127 Å². The highest BCUT2D eigenvalue weighted by atomic mass is 16.5. The minimum atomic E-state index is -0.899. The second kappa shape index (κ2) is 7.35. The number of aromatic nitrogens is 2. The van der Waals surface area contributed by atoms with Crippen molar-refractivity contribution in [2.24, 2.45) is 0 Å². The molecule has 1 aromatic carbocycles. The quantitative estimate of drug-likeness (QED) is 0.810. The largest absolute Gasteiger partial charge is 0.481 e. The maximum Gasteiger partial charge on any atom is 0.303 e. The van der Waals surface area contributed by atoms with Crippen molar-refractivity contribution < 1.29 is 19.2 Å². The Bertz CT molecular complexity index is 649. The molecule has 0 saturated heterocycles. The Kier molecular flexibility index (Phi) is 5.24. The Morgan fingerprint density at radius 1 is 1.27 bits per heavy atom. The van der Waals surface area contributed by atoms with E-state index in [1.807, 2.05) is 24.3 Å². The number of hydrogen-bond acceptors (Lipinski definition) is 5. The third-order valence-corrected chi connectivity index (χ3v) is 2.98. The van der Waals surface area contributed by atoms with Gasteiger partial charge < -0.3 is 14.9 Å². The summed E-state index contributed by atoms with van der Waals surface area (Å²) in [7, 11) is 0.